The Morgan fingerprint density at radius 2 is 1.89 bits per heavy atom. The number of nitrogens with zero attached hydrogens (tertiary/aromatic N) is 4. The topological polar surface area (TPSA) is 61.4 Å². The lowest BCUT2D eigenvalue weighted by Crippen LogP contribution is -2.23. The molecule has 3 aromatic rings. The predicted octanol–water partition coefficient (Wildman–Crippen LogP) is 4.40. The summed E-state index contributed by atoms with van der Waals surface area (Å²) < 4.78 is 1.90. The maximum atomic E-state index is 12.7. The van der Waals surface area contributed by atoms with Crippen LogP contribution in [0.3, 0.4) is 0 Å². The number of carbonyl (C=O) groups is 1. The molecule has 1 aromatic heterocycles. The van der Waals surface area contributed by atoms with Gasteiger partial charge in [0, 0.05) is 29.7 Å². The maximum absolute atomic E-state index is 12.7. The number of aromatic nitrogens is 1. The number of aliphatic imine (C=N–C) groups is 1. The molecule has 0 aliphatic carbocycles. The van der Waals surface area contributed by atoms with E-state index in [1.165, 1.54) is 11.8 Å². The van der Waals surface area contributed by atoms with Crippen molar-refractivity contribution in [2.45, 2.75) is 6.54 Å². The number of hydrogen-bond donors (Lipinski definition) is 0. The summed E-state index contributed by atoms with van der Waals surface area (Å²) in [5, 5.41) is 10.7. The van der Waals surface area contributed by atoms with Crippen LogP contribution in [0.1, 0.15) is 5.56 Å². The highest BCUT2D eigenvalue weighted by Gasteiger charge is 2.30. The third-order valence-corrected chi connectivity index (χ3v) is 5.39. The van der Waals surface area contributed by atoms with Gasteiger partial charge in [0.2, 0.25) is 0 Å². The van der Waals surface area contributed by atoms with Gasteiger partial charge >= 0.3 is 0 Å². The van der Waals surface area contributed by atoms with Gasteiger partial charge in [-0.15, -0.1) is 0 Å². The van der Waals surface area contributed by atoms with Crippen LogP contribution in [-0.2, 0) is 11.3 Å². The largest absolute Gasteiger partial charge is 0.333 e. The van der Waals surface area contributed by atoms with Gasteiger partial charge in [0.15, 0.2) is 5.17 Å². The smallest absolute Gasteiger partial charge is 0.266 e. The van der Waals surface area contributed by atoms with E-state index < -0.39 is 0 Å². The number of likely N-dealkylation sites (N-methyl/N-ethyl adjacent to an activating group) is 1. The van der Waals surface area contributed by atoms with E-state index in [2.05, 4.69) is 11.1 Å². The summed E-state index contributed by atoms with van der Waals surface area (Å²) >= 11 is 1.36. The molecule has 2 heterocycles. The van der Waals surface area contributed by atoms with E-state index in [1.54, 1.807) is 11.9 Å². The van der Waals surface area contributed by atoms with E-state index in [-0.39, 0.29) is 12.5 Å². The molecule has 0 unspecified atom stereocenters. The van der Waals surface area contributed by atoms with Crippen molar-refractivity contribution in [1.29, 1.82) is 5.26 Å². The molecule has 1 amide bonds. The Labute approximate surface area is 161 Å². The number of amidine groups is 1. The van der Waals surface area contributed by atoms with Crippen molar-refractivity contribution in [3.8, 4) is 6.07 Å². The first-order chi connectivity index (χ1) is 13.2. The first-order valence-corrected chi connectivity index (χ1v) is 9.25. The second kappa shape index (κ2) is 7.14. The second-order valence-electron chi connectivity index (χ2n) is 6.09. The third kappa shape index (κ3) is 3.25. The fourth-order valence-corrected chi connectivity index (χ4v) is 3.98. The summed E-state index contributed by atoms with van der Waals surface area (Å²) in [6, 6.07) is 19.6. The van der Waals surface area contributed by atoms with Crippen molar-refractivity contribution in [3.05, 3.63) is 71.3 Å². The Bertz CT molecular complexity index is 1120. The summed E-state index contributed by atoms with van der Waals surface area (Å²) in [5.74, 6) is -0.0770. The molecule has 1 aliphatic heterocycles. The van der Waals surface area contributed by atoms with Crippen molar-refractivity contribution in [1.82, 2.24) is 9.47 Å². The Hall–Kier alpha value is -3.30. The highest BCUT2D eigenvalue weighted by atomic mass is 32.2. The lowest BCUT2D eigenvalue weighted by Gasteiger charge is -2.06. The molecule has 5 nitrogen and oxygen atoms in total. The van der Waals surface area contributed by atoms with Gasteiger partial charge in [-0.2, -0.15) is 5.26 Å². The first kappa shape index (κ1) is 17.1. The summed E-state index contributed by atoms with van der Waals surface area (Å²) in [6.07, 6.45) is 3.80. The van der Waals surface area contributed by atoms with Crippen LogP contribution < -0.4 is 0 Å². The number of fused-ring (bicyclic) bond motifs is 1. The van der Waals surface area contributed by atoms with Gasteiger partial charge in [-0.1, -0.05) is 36.4 Å². The van der Waals surface area contributed by atoms with E-state index in [4.69, 9.17) is 5.26 Å². The van der Waals surface area contributed by atoms with Crippen molar-refractivity contribution in [3.63, 3.8) is 0 Å². The number of hydrogen-bond acceptors (Lipinski definition) is 4. The lowest BCUT2D eigenvalue weighted by molar-refractivity contribution is -0.121. The molecule has 132 valence electrons. The molecule has 2 aromatic carbocycles. The summed E-state index contributed by atoms with van der Waals surface area (Å²) in [7, 11) is 1.73. The standard InChI is InChI=1S/C21H16N4OS/c1-24-20(26)19(27-21(24)23-16-7-3-2-4-8-16)13-15-14-25(12-11-22)18-10-6-5-9-17(15)18/h2-10,13-14H,12H2,1H3. The highest BCUT2D eigenvalue weighted by molar-refractivity contribution is 8.18. The molecule has 27 heavy (non-hydrogen) atoms. The van der Waals surface area contributed by atoms with Crippen LogP contribution in [0.15, 0.2) is 70.7 Å². The van der Waals surface area contributed by atoms with Crippen LogP contribution in [-0.4, -0.2) is 27.6 Å². The summed E-state index contributed by atoms with van der Waals surface area (Å²) in [5.41, 5.74) is 2.71. The molecule has 0 spiro atoms. The minimum absolute atomic E-state index is 0.0770. The van der Waals surface area contributed by atoms with Crippen molar-refractivity contribution < 1.29 is 4.79 Å². The van der Waals surface area contributed by atoms with Crippen LogP contribution >= 0.6 is 11.8 Å². The van der Waals surface area contributed by atoms with Gasteiger partial charge in [0.05, 0.1) is 16.7 Å². The van der Waals surface area contributed by atoms with Gasteiger partial charge < -0.3 is 4.57 Å². The molecule has 1 saturated heterocycles. The minimum atomic E-state index is -0.0770. The van der Waals surface area contributed by atoms with Gasteiger partial charge in [0.1, 0.15) is 6.54 Å². The molecule has 0 saturated carbocycles. The van der Waals surface area contributed by atoms with Gasteiger partial charge in [-0.25, -0.2) is 4.99 Å². The van der Waals surface area contributed by atoms with Crippen LogP contribution in [0.25, 0.3) is 17.0 Å². The quantitative estimate of drug-likeness (QED) is 0.640. The number of thioether (sulfide) groups is 1. The van der Waals surface area contributed by atoms with E-state index in [0.29, 0.717) is 10.1 Å². The van der Waals surface area contributed by atoms with Crippen molar-refractivity contribution in [2.24, 2.45) is 4.99 Å². The maximum Gasteiger partial charge on any atom is 0.266 e. The van der Waals surface area contributed by atoms with E-state index in [1.807, 2.05) is 71.4 Å². The number of carbonyl (C=O) groups excluding carboxylic acids is 1. The van der Waals surface area contributed by atoms with Crippen LogP contribution in [0.2, 0.25) is 0 Å². The van der Waals surface area contributed by atoms with E-state index >= 15 is 0 Å². The molecule has 6 heteroatoms. The van der Waals surface area contributed by atoms with E-state index in [0.717, 1.165) is 22.2 Å². The molecular weight excluding hydrogens is 356 g/mol. The lowest BCUT2D eigenvalue weighted by atomic mass is 10.1. The Kier molecular flexibility index (Phi) is 4.53. The molecular formula is C21H16N4OS. The monoisotopic (exact) mass is 372 g/mol. The molecule has 0 bridgehead atoms. The zero-order valence-electron chi connectivity index (χ0n) is 14.7. The summed E-state index contributed by atoms with van der Waals surface area (Å²) in [4.78, 5) is 19.4. The zero-order valence-corrected chi connectivity index (χ0v) is 15.5. The molecule has 0 radical (unpaired) electrons. The van der Waals surface area contributed by atoms with Gasteiger partial charge in [-0.3, -0.25) is 9.69 Å². The van der Waals surface area contributed by atoms with Crippen LogP contribution in [0.5, 0.6) is 0 Å². The second-order valence-corrected chi connectivity index (χ2v) is 7.10. The van der Waals surface area contributed by atoms with Gasteiger partial charge in [0.25, 0.3) is 5.91 Å². The fraction of sp³-hybridized carbons (Fsp3) is 0.0952. The van der Waals surface area contributed by atoms with Crippen molar-refractivity contribution >= 4 is 45.5 Å². The Morgan fingerprint density at radius 1 is 1.15 bits per heavy atom. The normalized spacial score (nSPS) is 17.2. The van der Waals surface area contributed by atoms with E-state index in [9.17, 15) is 4.79 Å². The minimum Gasteiger partial charge on any atom is -0.333 e. The molecule has 1 aliphatic rings. The highest BCUT2D eigenvalue weighted by Crippen LogP contribution is 2.34. The fourth-order valence-electron chi connectivity index (χ4n) is 3.00. The molecule has 4 rings (SSSR count). The number of amides is 1. The number of nitriles is 1. The number of rotatable bonds is 3. The number of para-hydroxylation sites is 2. The van der Waals surface area contributed by atoms with Crippen LogP contribution in [0.4, 0.5) is 5.69 Å². The zero-order chi connectivity index (χ0) is 18.8. The SMILES string of the molecule is CN1C(=O)C(=Cc2cn(CC#N)c3ccccc23)SC1=Nc1ccccc1. The number of benzene rings is 2. The predicted molar refractivity (Wildman–Crippen MR) is 109 cm³/mol. The Morgan fingerprint density at radius 3 is 2.67 bits per heavy atom. The van der Waals surface area contributed by atoms with Crippen LogP contribution in [0, 0.1) is 11.3 Å². The molecule has 0 N–H and O–H groups in total. The van der Waals surface area contributed by atoms with Gasteiger partial charge in [-0.05, 0) is 36.0 Å². The summed E-state index contributed by atoms with van der Waals surface area (Å²) in [6.45, 7) is 0.269. The average Bonchev–Trinajstić information content (AvgIpc) is 3.16. The molecule has 0 atom stereocenters. The van der Waals surface area contributed by atoms with Crippen molar-refractivity contribution in [2.75, 3.05) is 7.05 Å². The first-order valence-electron chi connectivity index (χ1n) is 8.43. The average molecular weight is 372 g/mol. The Balaban J connectivity index is 1.73. The molecule has 1 fully saturated rings. The third-order valence-electron chi connectivity index (χ3n) is 4.33.